The van der Waals surface area contributed by atoms with E-state index >= 15 is 0 Å². The van der Waals surface area contributed by atoms with Gasteiger partial charge in [-0.25, -0.2) is 4.98 Å². The molecule has 0 aliphatic carbocycles. The summed E-state index contributed by atoms with van der Waals surface area (Å²) < 4.78 is 5.08. The standard InChI is InChI=1S/C13H13ClN2O2/c1-9-16-12(8-18-9)6-7-15-13(17)10-2-4-11(14)5-3-10/h2-5,8H,6-7H2,1H3,(H,15,17). The van der Waals surface area contributed by atoms with Crippen molar-refractivity contribution in [1.82, 2.24) is 10.3 Å². The van der Waals surface area contributed by atoms with Gasteiger partial charge in [0.2, 0.25) is 0 Å². The van der Waals surface area contributed by atoms with E-state index in [-0.39, 0.29) is 5.91 Å². The first-order chi connectivity index (χ1) is 8.65. The van der Waals surface area contributed by atoms with E-state index < -0.39 is 0 Å². The topological polar surface area (TPSA) is 55.1 Å². The first-order valence-corrected chi connectivity index (χ1v) is 5.98. The zero-order valence-electron chi connectivity index (χ0n) is 9.94. The van der Waals surface area contributed by atoms with E-state index in [1.54, 1.807) is 37.5 Å². The van der Waals surface area contributed by atoms with Crippen molar-refractivity contribution in [2.75, 3.05) is 6.54 Å². The molecule has 0 spiro atoms. The molecule has 0 unspecified atom stereocenters. The Morgan fingerprint density at radius 2 is 2.11 bits per heavy atom. The minimum atomic E-state index is -0.119. The number of oxazole rings is 1. The smallest absolute Gasteiger partial charge is 0.251 e. The molecular weight excluding hydrogens is 252 g/mol. The lowest BCUT2D eigenvalue weighted by molar-refractivity contribution is 0.0954. The van der Waals surface area contributed by atoms with Gasteiger partial charge in [0, 0.05) is 30.5 Å². The molecule has 0 atom stereocenters. The highest BCUT2D eigenvalue weighted by Gasteiger charge is 2.05. The van der Waals surface area contributed by atoms with E-state index in [0.717, 1.165) is 5.69 Å². The zero-order chi connectivity index (χ0) is 13.0. The summed E-state index contributed by atoms with van der Waals surface area (Å²) in [4.78, 5) is 15.9. The molecule has 2 aromatic rings. The summed E-state index contributed by atoms with van der Waals surface area (Å²) in [6, 6.07) is 6.77. The van der Waals surface area contributed by atoms with Crippen LogP contribution in [0.15, 0.2) is 34.9 Å². The summed E-state index contributed by atoms with van der Waals surface area (Å²) in [5.41, 5.74) is 1.43. The molecule has 0 saturated heterocycles. The van der Waals surface area contributed by atoms with Crippen LogP contribution in [0.1, 0.15) is 21.9 Å². The second-order valence-corrected chi connectivity index (χ2v) is 4.31. The lowest BCUT2D eigenvalue weighted by Gasteiger charge is -2.03. The Morgan fingerprint density at radius 1 is 1.39 bits per heavy atom. The number of aromatic nitrogens is 1. The highest BCUT2D eigenvalue weighted by molar-refractivity contribution is 6.30. The second kappa shape index (κ2) is 5.69. The van der Waals surface area contributed by atoms with E-state index in [1.165, 1.54) is 0 Å². The first-order valence-electron chi connectivity index (χ1n) is 5.60. The fourth-order valence-corrected chi connectivity index (χ4v) is 1.66. The molecule has 1 N–H and O–H groups in total. The first kappa shape index (κ1) is 12.6. The predicted octanol–water partition coefficient (Wildman–Crippen LogP) is 2.61. The third-order valence-corrected chi connectivity index (χ3v) is 2.69. The molecule has 1 aromatic carbocycles. The van der Waals surface area contributed by atoms with Crippen molar-refractivity contribution in [2.24, 2.45) is 0 Å². The van der Waals surface area contributed by atoms with E-state index in [2.05, 4.69) is 10.3 Å². The Balaban J connectivity index is 1.83. The van der Waals surface area contributed by atoms with Gasteiger partial charge >= 0.3 is 0 Å². The van der Waals surface area contributed by atoms with Gasteiger partial charge in [-0.15, -0.1) is 0 Å². The summed E-state index contributed by atoms with van der Waals surface area (Å²) in [7, 11) is 0. The van der Waals surface area contributed by atoms with Crippen LogP contribution in [0.5, 0.6) is 0 Å². The average molecular weight is 265 g/mol. The quantitative estimate of drug-likeness (QED) is 0.924. The predicted molar refractivity (Wildman–Crippen MR) is 68.7 cm³/mol. The maximum absolute atomic E-state index is 11.8. The Hall–Kier alpha value is -1.81. The van der Waals surface area contributed by atoms with Crippen molar-refractivity contribution in [1.29, 1.82) is 0 Å². The molecule has 0 saturated carbocycles. The normalized spacial score (nSPS) is 10.3. The van der Waals surface area contributed by atoms with Crippen LogP contribution in [-0.2, 0) is 6.42 Å². The van der Waals surface area contributed by atoms with Gasteiger partial charge in [0.25, 0.3) is 5.91 Å². The second-order valence-electron chi connectivity index (χ2n) is 3.87. The number of rotatable bonds is 4. The number of hydrogen-bond acceptors (Lipinski definition) is 3. The Bertz CT molecular complexity index is 534. The van der Waals surface area contributed by atoms with Crippen LogP contribution in [0.25, 0.3) is 0 Å². The van der Waals surface area contributed by atoms with E-state index in [4.69, 9.17) is 16.0 Å². The molecule has 0 bridgehead atoms. The maximum atomic E-state index is 11.8. The summed E-state index contributed by atoms with van der Waals surface area (Å²) in [5.74, 6) is 0.515. The number of aryl methyl sites for hydroxylation is 1. The molecule has 2 rings (SSSR count). The van der Waals surface area contributed by atoms with Gasteiger partial charge in [-0.1, -0.05) is 11.6 Å². The van der Waals surface area contributed by atoms with Gasteiger partial charge < -0.3 is 9.73 Å². The van der Waals surface area contributed by atoms with Gasteiger partial charge in [-0.3, -0.25) is 4.79 Å². The van der Waals surface area contributed by atoms with Crippen molar-refractivity contribution in [2.45, 2.75) is 13.3 Å². The summed E-state index contributed by atoms with van der Waals surface area (Å²) in [6.45, 7) is 2.31. The minimum Gasteiger partial charge on any atom is -0.449 e. The van der Waals surface area contributed by atoms with Gasteiger partial charge in [0.05, 0.1) is 5.69 Å². The fraction of sp³-hybridized carbons (Fsp3) is 0.231. The lowest BCUT2D eigenvalue weighted by Crippen LogP contribution is -2.25. The molecule has 18 heavy (non-hydrogen) atoms. The van der Waals surface area contributed by atoms with Crippen LogP contribution >= 0.6 is 11.6 Å². The molecule has 1 aromatic heterocycles. The molecule has 1 heterocycles. The molecule has 0 radical (unpaired) electrons. The lowest BCUT2D eigenvalue weighted by atomic mass is 10.2. The van der Waals surface area contributed by atoms with Gasteiger partial charge in [-0.2, -0.15) is 0 Å². The Morgan fingerprint density at radius 3 is 2.72 bits per heavy atom. The summed E-state index contributed by atoms with van der Waals surface area (Å²) in [6.07, 6.45) is 2.25. The van der Waals surface area contributed by atoms with E-state index in [0.29, 0.717) is 29.4 Å². The van der Waals surface area contributed by atoms with E-state index in [1.807, 2.05) is 0 Å². The average Bonchev–Trinajstić information content (AvgIpc) is 2.76. The van der Waals surface area contributed by atoms with Crippen molar-refractivity contribution >= 4 is 17.5 Å². The van der Waals surface area contributed by atoms with Crippen LogP contribution < -0.4 is 5.32 Å². The molecule has 5 heteroatoms. The van der Waals surface area contributed by atoms with Gasteiger partial charge in [0.15, 0.2) is 5.89 Å². The molecule has 0 aliphatic heterocycles. The van der Waals surface area contributed by atoms with Crippen LogP contribution in [-0.4, -0.2) is 17.4 Å². The number of benzene rings is 1. The van der Waals surface area contributed by atoms with Crippen molar-refractivity contribution < 1.29 is 9.21 Å². The monoisotopic (exact) mass is 264 g/mol. The minimum absolute atomic E-state index is 0.119. The number of carbonyl (C=O) groups is 1. The van der Waals surface area contributed by atoms with Crippen molar-refractivity contribution in [3.05, 3.63) is 52.7 Å². The number of nitrogens with one attached hydrogen (secondary N) is 1. The summed E-state index contributed by atoms with van der Waals surface area (Å²) >= 11 is 5.75. The molecule has 1 amide bonds. The van der Waals surface area contributed by atoms with Crippen LogP contribution in [0.3, 0.4) is 0 Å². The summed E-state index contributed by atoms with van der Waals surface area (Å²) in [5, 5.41) is 3.43. The SMILES string of the molecule is Cc1nc(CCNC(=O)c2ccc(Cl)cc2)co1. The third-order valence-electron chi connectivity index (χ3n) is 2.44. The molecule has 0 fully saturated rings. The number of amides is 1. The molecule has 0 aliphatic rings. The van der Waals surface area contributed by atoms with Gasteiger partial charge in [-0.05, 0) is 24.3 Å². The number of halogens is 1. The Kier molecular flexibility index (Phi) is 3.99. The van der Waals surface area contributed by atoms with Crippen LogP contribution in [0.2, 0.25) is 5.02 Å². The number of hydrogen-bond donors (Lipinski definition) is 1. The maximum Gasteiger partial charge on any atom is 0.251 e. The van der Waals surface area contributed by atoms with E-state index in [9.17, 15) is 4.79 Å². The molecule has 4 nitrogen and oxygen atoms in total. The van der Waals surface area contributed by atoms with Crippen LogP contribution in [0.4, 0.5) is 0 Å². The number of nitrogens with zero attached hydrogens (tertiary/aromatic N) is 1. The largest absolute Gasteiger partial charge is 0.449 e. The van der Waals surface area contributed by atoms with Gasteiger partial charge in [0.1, 0.15) is 6.26 Å². The van der Waals surface area contributed by atoms with Crippen LogP contribution in [0, 0.1) is 6.92 Å². The number of carbonyl (C=O) groups excluding carboxylic acids is 1. The van der Waals surface area contributed by atoms with Crippen molar-refractivity contribution in [3.63, 3.8) is 0 Å². The Labute approximate surface area is 110 Å². The molecular formula is C13H13ClN2O2. The highest BCUT2D eigenvalue weighted by atomic mass is 35.5. The molecule has 94 valence electrons. The fourth-order valence-electron chi connectivity index (χ4n) is 1.53. The van der Waals surface area contributed by atoms with Crippen molar-refractivity contribution in [3.8, 4) is 0 Å². The third kappa shape index (κ3) is 3.34. The highest BCUT2D eigenvalue weighted by Crippen LogP contribution is 2.09. The zero-order valence-corrected chi connectivity index (χ0v) is 10.7.